The van der Waals surface area contributed by atoms with E-state index in [-0.39, 0.29) is 39.8 Å². The molecule has 4 aromatic carbocycles. The van der Waals surface area contributed by atoms with Crippen LogP contribution in [0.5, 0.6) is 5.75 Å². The topological polar surface area (TPSA) is 210 Å². The lowest BCUT2D eigenvalue weighted by molar-refractivity contribution is -0.539. The molecule has 278 valence electrons. The highest BCUT2D eigenvalue weighted by atomic mass is 32.2. The predicted molar refractivity (Wildman–Crippen MR) is 199 cm³/mol. The van der Waals surface area contributed by atoms with Gasteiger partial charge in [0.05, 0.1) is 4.90 Å². The van der Waals surface area contributed by atoms with Gasteiger partial charge in [-0.25, -0.2) is 4.58 Å². The second kappa shape index (κ2) is 15.6. The summed E-state index contributed by atoms with van der Waals surface area (Å²) in [4.78, 5) is 0.451. The Morgan fingerprint density at radius 2 is 1.36 bits per heavy atom. The van der Waals surface area contributed by atoms with Crippen LogP contribution in [0.4, 0.5) is 5.69 Å². The molecule has 1 aliphatic carbocycles. The third kappa shape index (κ3) is 9.00. The van der Waals surface area contributed by atoms with Crippen molar-refractivity contribution in [1.29, 1.82) is 0 Å². The van der Waals surface area contributed by atoms with Gasteiger partial charge in [0.2, 0.25) is 0 Å². The van der Waals surface area contributed by atoms with Crippen LogP contribution in [-0.2, 0) is 36.9 Å². The zero-order valence-corrected chi connectivity index (χ0v) is 30.9. The molecule has 4 aromatic rings. The highest BCUT2D eigenvalue weighted by Gasteiger charge is 2.25. The van der Waals surface area contributed by atoms with E-state index in [1.165, 1.54) is 48.5 Å². The van der Waals surface area contributed by atoms with E-state index in [0.29, 0.717) is 40.2 Å². The number of anilines is 1. The monoisotopic (exact) mass is 781 g/mol. The van der Waals surface area contributed by atoms with Crippen LogP contribution in [-0.4, -0.2) is 72.5 Å². The van der Waals surface area contributed by atoms with Gasteiger partial charge in [-0.05, 0) is 85.2 Å². The number of aliphatic hydroxyl groups excluding tert-OH is 1. The standard InChI is InChI=1S/C37H36N2O11S3/c1-3-38(24-28-8-5-6-11-34(28)52(45,46)47)29-16-12-25(13-17-29)36(33-21-20-31(40)23-35(33)53(48,49)50)26-14-18-30(19-15-26)39(4-2)37(41)27-9-7-10-32(22-27)51(42,43)44/h5-23,37,41H,3-4,24H2,1-2H3,(H3,42,43,44,45,46,47,48,49,50)/p+1. The number of phenolic OH excluding ortho intramolecular Hbond substituents is 1. The van der Waals surface area contributed by atoms with Crippen molar-refractivity contribution in [2.75, 3.05) is 18.0 Å². The van der Waals surface area contributed by atoms with Crippen LogP contribution in [0.2, 0.25) is 0 Å². The van der Waals surface area contributed by atoms with Gasteiger partial charge in [0.15, 0.2) is 18.5 Å². The van der Waals surface area contributed by atoms with E-state index in [2.05, 4.69) is 0 Å². The molecule has 16 heteroatoms. The Labute approximate surface area is 308 Å². The number of phenols is 1. The van der Waals surface area contributed by atoms with Crippen LogP contribution in [0.1, 0.15) is 42.3 Å². The van der Waals surface area contributed by atoms with Crippen LogP contribution >= 0.6 is 0 Å². The van der Waals surface area contributed by atoms with E-state index in [1.807, 2.05) is 11.5 Å². The summed E-state index contributed by atoms with van der Waals surface area (Å²) in [7, 11) is -13.8. The molecular formula is C37H37N2O11S3+. The second-order valence-corrected chi connectivity index (χ2v) is 16.1. The molecule has 0 saturated heterocycles. The van der Waals surface area contributed by atoms with Crippen molar-refractivity contribution in [3.8, 4) is 5.75 Å². The Morgan fingerprint density at radius 1 is 0.717 bits per heavy atom. The van der Waals surface area contributed by atoms with E-state index < -0.39 is 41.5 Å². The normalized spacial score (nSPS) is 13.9. The van der Waals surface area contributed by atoms with Crippen LogP contribution < -0.4 is 4.90 Å². The highest BCUT2D eigenvalue weighted by Crippen LogP contribution is 2.37. The molecule has 0 bridgehead atoms. The van der Waals surface area contributed by atoms with E-state index in [1.54, 1.807) is 72.5 Å². The minimum Gasteiger partial charge on any atom is -0.508 e. The maximum Gasteiger partial charge on any atom is 0.295 e. The second-order valence-electron chi connectivity index (χ2n) is 11.9. The summed E-state index contributed by atoms with van der Waals surface area (Å²) in [6, 6.07) is 21.7. The molecule has 1 atom stereocenters. The minimum absolute atomic E-state index is 0.0784. The summed E-state index contributed by atoms with van der Waals surface area (Å²) in [5, 5.41) is 21.4. The first kappa shape index (κ1) is 39.3. The highest BCUT2D eigenvalue weighted by molar-refractivity contribution is 7.86. The zero-order chi connectivity index (χ0) is 38.7. The van der Waals surface area contributed by atoms with Gasteiger partial charge in [0, 0.05) is 47.1 Å². The smallest absolute Gasteiger partial charge is 0.295 e. The number of hydrogen-bond acceptors (Lipinski definition) is 9. The molecule has 53 heavy (non-hydrogen) atoms. The Bertz CT molecular complexity index is 2490. The van der Waals surface area contributed by atoms with E-state index in [9.17, 15) is 49.1 Å². The molecule has 5 N–H and O–H groups in total. The fourth-order valence-corrected chi connectivity index (χ4v) is 8.02. The molecule has 0 radical (unpaired) electrons. The first-order chi connectivity index (χ1) is 24.9. The van der Waals surface area contributed by atoms with E-state index in [0.717, 1.165) is 6.07 Å². The Kier molecular flexibility index (Phi) is 11.5. The quantitative estimate of drug-likeness (QED) is 0.0709. The van der Waals surface area contributed by atoms with Gasteiger partial charge in [-0.15, -0.1) is 0 Å². The maximum absolute atomic E-state index is 12.6. The molecule has 0 saturated carbocycles. The summed E-state index contributed by atoms with van der Waals surface area (Å²) in [6.07, 6.45) is 5.65. The molecular weight excluding hydrogens is 745 g/mol. The van der Waals surface area contributed by atoms with Gasteiger partial charge >= 0.3 is 0 Å². The van der Waals surface area contributed by atoms with Crippen LogP contribution in [0.15, 0.2) is 136 Å². The van der Waals surface area contributed by atoms with Gasteiger partial charge in [-0.1, -0.05) is 42.5 Å². The van der Waals surface area contributed by atoms with Crippen molar-refractivity contribution in [3.63, 3.8) is 0 Å². The number of aromatic hydroxyl groups is 1. The molecule has 0 fully saturated rings. The SMILES string of the molecule is CCN(c1ccc(C(=C2C=CC(=[N+](CC)Cc3ccccc3S(=O)(=O)O)C=C2)c2ccc(O)cc2S(=O)(=O)O)cc1)C(O)c1cccc(S(=O)(=O)O)c1. The first-order valence-corrected chi connectivity index (χ1v) is 20.5. The Hall–Kier alpha value is -4.94. The number of allylic oxidation sites excluding steroid dienone is 5. The van der Waals surface area contributed by atoms with Crippen LogP contribution in [0, 0.1) is 0 Å². The van der Waals surface area contributed by atoms with Crippen molar-refractivity contribution >= 4 is 47.3 Å². The molecule has 0 amide bonds. The number of hydrogen-bond donors (Lipinski definition) is 5. The predicted octanol–water partition coefficient (Wildman–Crippen LogP) is 5.25. The maximum atomic E-state index is 12.6. The lowest BCUT2D eigenvalue weighted by Crippen LogP contribution is -2.28. The number of nitrogens with zero attached hydrogens (tertiary/aromatic N) is 2. The van der Waals surface area contributed by atoms with Gasteiger partial charge < -0.3 is 15.1 Å². The molecule has 1 unspecified atom stereocenters. The van der Waals surface area contributed by atoms with Crippen molar-refractivity contribution < 1.29 is 53.7 Å². The van der Waals surface area contributed by atoms with E-state index >= 15 is 0 Å². The molecule has 0 aliphatic heterocycles. The lowest BCUT2D eigenvalue weighted by atomic mass is 9.90. The summed E-state index contributed by atoms with van der Waals surface area (Å²) < 4.78 is 104. The average Bonchev–Trinajstić information content (AvgIpc) is 3.11. The van der Waals surface area contributed by atoms with Crippen molar-refractivity contribution in [2.24, 2.45) is 0 Å². The average molecular weight is 782 g/mol. The summed E-state index contributed by atoms with van der Waals surface area (Å²) in [5.41, 5.74) is 3.24. The van der Waals surface area contributed by atoms with E-state index in [4.69, 9.17) is 0 Å². The number of rotatable bonds is 12. The molecule has 0 aromatic heterocycles. The molecule has 5 rings (SSSR count). The molecule has 13 nitrogen and oxygen atoms in total. The largest absolute Gasteiger partial charge is 0.508 e. The lowest BCUT2D eigenvalue weighted by Gasteiger charge is -2.29. The van der Waals surface area contributed by atoms with Crippen molar-refractivity contribution in [1.82, 2.24) is 0 Å². The van der Waals surface area contributed by atoms with Gasteiger partial charge in [-0.3, -0.25) is 13.7 Å². The summed E-state index contributed by atoms with van der Waals surface area (Å²) in [6.45, 7) is 4.54. The molecule has 0 heterocycles. The Morgan fingerprint density at radius 3 is 1.94 bits per heavy atom. The molecule has 0 spiro atoms. The Balaban J connectivity index is 1.60. The van der Waals surface area contributed by atoms with Gasteiger partial charge in [0.25, 0.3) is 30.4 Å². The third-order valence-electron chi connectivity index (χ3n) is 8.60. The van der Waals surface area contributed by atoms with Gasteiger partial charge in [-0.2, -0.15) is 25.3 Å². The number of benzene rings is 4. The fraction of sp³-hybridized carbons (Fsp3) is 0.162. The summed E-state index contributed by atoms with van der Waals surface area (Å²) in [5.74, 6) is -0.388. The van der Waals surface area contributed by atoms with Gasteiger partial charge in [0.1, 0.15) is 22.1 Å². The zero-order valence-electron chi connectivity index (χ0n) is 28.5. The first-order valence-electron chi connectivity index (χ1n) is 16.1. The van der Waals surface area contributed by atoms with Crippen molar-refractivity contribution in [2.45, 2.75) is 41.3 Å². The van der Waals surface area contributed by atoms with Crippen LogP contribution in [0.3, 0.4) is 0 Å². The third-order valence-corrected chi connectivity index (χ3v) is 11.3. The van der Waals surface area contributed by atoms with Crippen molar-refractivity contribution in [3.05, 3.63) is 143 Å². The summed E-state index contributed by atoms with van der Waals surface area (Å²) >= 11 is 0. The molecule has 1 aliphatic rings. The number of aliphatic hydroxyl groups is 1. The van der Waals surface area contributed by atoms with Crippen LogP contribution in [0.25, 0.3) is 5.57 Å². The fourth-order valence-electron chi connectivity index (χ4n) is 6.06. The minimum atomic E-state index is -4.84.